The fourth-order valence-corrected chi connectivity index (χ4v) is 3.96. The number of nitrogens with two attached hydrogens (primary N) is 1. The monoisotopic (exact) mass is 539 g/mol. The topological polar surface area (TPSA) is 76.2 Å². The molecule has 0 atom stereocenters. The van der Waals surface area contributed by atoms with Crippen LogP contribution in [0.25, 0.3) is 17.3 Å². The number of piperazine rings is 1. The van der Waals surface area contributed by atoms with Gasteiger partial charge in [-0.05, 0) is 42.0 Å². The molecule has 2 aromatic carbocycles. The Hall–Kier alpha value is -2.26. The van der Waals surface area contributed by atoms with Gasteiger partial charge in [0.2, 0.25) is 0 Å². The molecule has 0 unspecified atom stereocenters. The fourth-order valence-electron chi connectivity index (χ4n) is 3.84. The van der Waals surface area contributed by atoms with E-state index in [4.69, 9.17) is 17.3 Å². The highest BCUT2D eigenvalue weighted by atomic mass is 35.5. The van der Waals surface area contributed by atoms with Crippen molar-refractivity contribution in [2.45, 2.75) is 19.6 Å². The largest absolute Gasteiger partial charge is 0.326 e. The second-order valence-corrected chi connectivity index (χ2v) is 8.47. The van der Waals surface area contributed by atoms with E-state index < -0.39 is 0 Å². The predicted molar refractivity (Wildman–Crippen MR) is 145 cm³/mol. The summed E-state index contributed by atoms with van der Waals surface area (Å²) in [4.78, 5) is 15.5. The third kappa shape index (κ3) is 7.61. The average Bonchev–Trinajstić information content (AvgIpc) is 2.83. The second kappa shape index (κ2) is 13.7. The summed E-state index contributed by atoms with van der Waals surface area (Å²) >= 11 is 5.95. The van der Waals surface area contributed by atoms with E-state index in [1.807, 2.05) is 42.5 Å². The van der Waals surface area contributed by atoms with Crippen LogP contribution in [0.2, 0.25) is 5.02 Å². The van der Waals surface area contributed by atoms with Crippen LogP contribution in [0.5, 0.6) is 0 Å². The first-order valence-electron chi connectivity index (χ1n) is 11.0. The molecule has 4 rings (SSSR count). The summed E-state index contributed by atoms with van der Waals surface area (Å²) in [6, 6.07) is 14.0. The van der Waals surface area contributed by atoms with E-state index in [0.717, 1.165) is 37.3 Å². The van der Waals surface area contributed by atoms with E-state index in [0.29, 0.717) is 34.9 Å². The van der Waals surface area contributed by atoms with Gasteiger partial charge in [-0.2, -0.15) is 5.10 Å². The van der Waals surface area contributed by atoms with Gasteiger partial charge in [0.25, 0.3) is 5.56 Å². The molecular weight excluding hydrogens is 512 g/mol. The molecular formula is C25H29Cl3FN5O. The number of nitrogens with one attached hydrogen (secondary N) is 1. The minimum Gasteiger partial charge on any atom is -0.326 e. The van der Waals surface area contributed by atoms with Gasteiger partial charge in [-0.1, -0.05) is 35.9 Å². The maximum absolute atomic E-state index is 14.0. The number of aromatic nitrogens is 2. The van der Waals surface area contributed by atoms with Crippen molar-refractivity contribution in [2.75, 3.05) is 26.2 Å². The minimum absolute atomic E-state index is 0. The lowest BCUT2D eigenvalue weighted by Crippen LogP contribution is -2.44. The Morgan fingerprint density at radius 1 is 1.06 bits per heavy atom. The number of halogens is 4. The second-order valence-electron chi connectivity index (χ2n) is 8.03. The molecule has 1 aliphatic heterocycles. The van der Waals surface area contributed by atoms with Crippen LogP contribution < -0.4 is 16.6 Å². The van der Waals surface area contributed by atoms with E-state index in [1.165, 1.54) is 10.7 Å². The first-order chi connectivity index (χ1) is 16.0. The Morgan fingerprint density at radius 2 is 1.77 bits per heavy atom. The van der Waals surface area contributed by atoms with Crippen molar-refractivity contribution >= 4 is 42.5 Å². The lowest BCUT2D eigenvalue weighted by atomic mass is 10.1. The molecule has 1 aromatic heterocycles. The average molecular weight is 541 g/mol. The number of allylic oxidation sites excluding steroid dienone is 1. The van der Waals surface area contributed by atoms with Crippen LogP contribution >= 0.6 is 36.4 Å². The quantitative estimate of drug-likeness (QED) is 0.471. The van der Waals surface area contributed by atoms with Gasteiger partial charge in [-0.15, -0.1) is 24.8 Å². The van der Waals surface area contributed by atoms with Gasteiger partial charge < -0.3 is 11.1 Å². The molecule has 0 radical (unpaired) electrons. The van der Waals surface area contributed by atoms with Gasteiger partial charge in [-0.25, -0.2) is 9.07 Å². The lowest BCUT2D eigenvalue weighted by molar-refractivity contribution is 0.231. The molecule has 35 heavy (non-hydrogen) atoms. The number of hydrogen-bond donors (Lipinski definition) is 2. The number of benzene rings is 2. The van der Waals surface area contributed by atoms with E-state index in [1.54, 1.807) is 12.1 Å². The van der Waals surface area contributed by atoms with Crippen LogP contribution in [0.3, 0.4) is 0 Å². The van der Waals surface area contributed by atoms with E-state index in [9.17, 15) is 9.18 Å². The van der Waals surface area contributed by atoms with Crippen LogP contribution in [0.15, 0.2) is 59.4 Å². The Bertz CT molecular complexity index is 1190. The van der Waals surface area contributed by atoms with Gasteiger partial charge in [0, 0.05) is 61.0 Å². The summed E-state index contributed by atoms with van der Waals surface area (Å²) in [6.07, 6.45) is 3.82. The van der Waals surface area contributed by atoms with Crippen LogP contribution in [-0.2, 0) is 19.6 Å². The molecule has 0 aliphatic carbocycles. The van der Waals surface area contributed by atoms with E-state index >= 15 is 0 Å². The van der Waals surface area contributed by atoms with E-state index in [-0.39, 0.29) is 42.7 Å². The summed E-state index contributed by atoms with van der Waals surface area (Å²) in [5, 5.41) is 8.58. The zero-order chi connectivity index (χ0) is 23.2. The summed E-state index contributed by atoms with van der Waals surface area (Å²) in [7, 11) is 0. The zero-order valence-corrected chi connectivity index (χ0v) is 21.5. The van der Waals surface area contributed by atoms with Crippen LogP contribution in [0, 0.1) is 5.82 Å². The maximum Gasteiger partial charge on any atom is 0.271 e. The van der Waals surface area contributed by atoms with Gasteiger partial charge in [0.15, 0.2) is 0 Å². The summed E-state index contributed by atoms with van der Waals surface area (Å²) < 4.78 is 15.4. The molecule has 3 aromatic rings. The van der Waals surface area contributed by atoms with Crippen molar-refractivity contribution in [3.05, 3.63) is 92.5 Å². The zero-order valence-electron chi connectivity index (χ0n) is 19.1. The summed E-state index contributed by atoms with van der Waals surface area (Å²) in [5.41, 5.74) is 8.98. The third-order valence-electron chi connectivity index (χ3n) is 5.67. The standard InChI is InChI=1S/C25H27ClFN5O.2ClH/c26-22-6-3-18(4-7-22)2-1-11-32-25(33)21(17-31-12-9-29-10-13-31)15-24(30-32)19-5-8-23(27)20(14-19)16-28;;/h1-8,14-15,29H,9-13,16-17,28H2;2*1H/b2-1+;;. The predicted octanol–water partition coefficient (Wildman–Crippen LogP) is 4.12. The van der Waals surface area contributed by atoms with Crippen molar-refractivity contribution in [3.63, 3.8) is 0 Å². The highest BCUT2D eigenvalue weighted by molar-refractivity contribution is 6.30. The lowest BCUT2D eigenvalue weighted by Gasteiger charge is -2.27. The van der Waals surface area contributed by atoms with Gasteiger partial charge in [0.05, 0.1) is 12.2 Å². The molecule has 1 fully saturated rings. The first-order valence-corrected chi connectivity index (χ1v) is 11.4. The minimum atomic E-state index is -0.346. The smallest absolute Gasteiger partial charge is 0.271 e. The summed E-state index contributed by atoms with van der Waals surface area (Å²) in [6.45, 7) is 4.50. The third-order valence-corrected chi connectivity index (χ3v) is 5.92. The molecule has 0 spiro atoms. The van der Waals surface area contributed by atoms with Gasteiger partial charge >= 0.3 is 0 Å². The molecule has 1 aliphatic rings. The Morgan fingerprint density at radius 3 is 2.46 bits per heavy atom. The highest BCUT2D eigenvalue weighted by Gasteiger charge is 2.16. The van der Waals surface area contributed by atoms with Crippen molar-refractivity contribution < 1.29 is 4.39 Å². The normalized spacial score (nSPS) is 13.9. The molecule has 1 saturated heterocycles. The van der Waals surface area contributed by atoms with Crippen molar-refractivity contribution in [1.29, 1.82) is 0 Å². The number of rotatable bonds is 7. The van der Waals surface area contributed by atoms with Gasteiger partial charge in [0.1, 0.15) is 5.82 Å². The maximum atomic E-state index is 14.0. The molecule has 0 bridgehead atoms. The van der Waals surface area contributed by atoms with Crippen LogP contribution in [0.1, 0.15) is 16.7 Å². The molecule has 0 saturated carbocycles. The van der Waals surface area contributed by atoms with Crippen molar-refractivity contribution in [2.24, 2.45) is 5.73 Å². The van der Waals surface area contributed by atoms with Crippen molar-refractivity contribution in [1.82, 2.24) is 20.0 Å². The molecule has 188 valence electrons. The molecule has 10 heteroatoms. The molecule has 0 amide bonds. The molecule has 2 heterocycles. The van der Waals surface area contributed by atoms with E-state index in [2.05, 4.69) is 15.3 Å². The highest BCUT2D eigenvalue weighted by Crippen LogP contribution is 2.21. The Kier molecular flexibility index (Phi) is 11.4. The molecule has 3 N–H and O–H groups in total. The number of nitrogens with zero attached hydrogens (tertiary/aromatic N) is 3. The number of hydrogen-bond acceptors (Lipinski definition) is 5. The van der Waals surface area contributed by atoms with Crippen LogP contribution in [0.4, 0.5) is 4.39 Å². The first kappa shape index (κ1) is 29.0. The molecule has 6 nitrogen and oxygen atoms in total. The van der Waals surface area contributed by atoms with Crippen molar-refractivity contribution in [3.8, 4) is 11.3 Å². The van der Waals surface area contributed by atoms with Gasteiger partial charge in [-0.3, -0.25) is 9.69 Å². The Balaban J connectivity index is 0.00000216. The van der Waals surface area contributed by atoms with Crippen LogP contribution in [-0.4, -0.2) is 40.9 Å². The fraction of sp³-hybridized carbons (Fsp3) is 0.280. The SMILES string of the molecule is Cl.Cl.NCc1cc(-c2cc(CN3CCNCC3)c(=O)n(C/C=C/c3ccc(Cl)cc3)n2)ccc1F. The Labute approximate surface area is 221 Å². The summed E-state index contributed by atoms with van der Waals surface area (Å²) in [5.74, 6) is -0.346.